The van der Waals surface area contributed by atoms with Crippen molar-refractivity contribution in [1.82, 2.24) is 4.90 Å². The number of nitrogens with zero attached hydrogens (tertiary/aromatic N) is 1. The number of hydrogen-bond donors (Lipinski definition) is 1. The SMILES string of the molecule is COc1ccc(NC(=O)N(C)C(C)c2ccc(F)cc2)cc1. The molecule has 0 saturated carbocycles. The topological polar surface area (TPSA) is 41.6 Å². The van der Waals surface area contributed by atoms with E-state index in [2.05, 4.69) is 5.32 Å². The summed E-state index contributed by atoms with van der Waals surface area (Å²) in [6.07, 6.45) is 0. The lowest BCUT2D eigenvalue weighted by molar-refractivity contribution is 0.208. The Bertz CT molecular complexity index is 626. The van der Waals surface area contributed by atoms with Crippen molar-refractivity contribution in [3.63, 3.8) is 0 Å². The molecule has 2 amide bonds. The van der Waals surface area contributed by atoms with Gasteiger partial charge in [-0.25, -0.2) is 9.18 Å². The molecule has 2 aromatic carbocycles. The first-order valence-electron chi connectivity index (χ1n) is 6.94. The van der Waals surface area contributed by atoms with Crippen LogP contribution in [0.4, 0.5) is 14.9 Å². The molecule has 1 N–H and O–H groups in total. The lowest BCUT2D eigenvalue weighted by atomic mass is 10.1. The fourth-order valence-electron chi connectivity index (χ4n) is 2.03. The van der Waals surface area contributed by atoms with Gasteiger partial charge in [0.25, 0.3) is 0 Å². The molecule has 0 aromatic heterocycles. The normalized spacial score (nSPS) is 11.6. The number of rotatable bonds is 4. The van der Waals surface area contributed by atoms with Gasteiger partial charge in [-0.15, -0.1) is 0 Å². The van der Waals surface area contributed by atoms with Gasteiger partial charge < -0.3 is 15.0 Å². The standard InChI is InChI=1S/C17H19FN2O2/c1-12(13-4-6-14(18)7-5-13)20(2)17(21)19-15-8-10-16(22-3)11-9-15/h4-12H,1-3H3,(H,19,21). The molecule has 0 aliphatic heterocycles. The van der Waals surface area contributed by atoms with Crippen molar-refractivity contribution >= 4 is 11.7 Å². The molecule has 1 unspecified atom stereocenters. The number of nitrogens with one attached hydrogen (secondary N) is 1. The zero-order chi connectivity index (χ0) is 16.1. The summed E-state index contributed by atoms with van der Waals surface area (Å²) >= 11 is 0. The second-order valence-electron chi connectivity index (χ2n) is 5.00. The van der Waals surface area contributed by atoms with Crippen LogP contribution in [0.3, 0.4) is 0 Å². The van der Waals surface area contributed by atoms with Crippen LogP contribution in [0.25, 0.3) is 0 Å². The van der Waals surface area contributed by atoms with Crippen LogP contribution in [-0.2, 0) is 0 Å². The number of anilines is 1. The van der Waals surface area contributed by atoms with Crippen molar-refractivity contribution in [3.05, 3.63) is 59.9 Å². The molecule has 2 rings (SSSR count). The Morgan fingerprint density at radius 3 is 2.27 bits per heavy atom. The highest BCUT2D eigenvalue weighted by atomic mass is 19.1. The third-order valence-corrected chi connectivity index (χ3v) is 3.59. The molecule has 0 heterocycles. The molecule has 22 heavy (non-hydrogen) atoms. The Balaban J connectivity index is 2.02. The summed E-state index contributed by atoms with van der Waals surface area (Å²) in [5, 5.41) is 2.81. The van der Waals surface area contributed by atoms with Gasteiger partial charge in [0.1, 0.15) is 11.6 Å². The van der Waals surface area contributed by atoms with Gasteiger partial charge in [0, 0.05) is 12.7 Å². The monoisotopic (exact) mass is 302 g/mol. The second-order valence-corrected chi connectivity index (χ2v) is 5.00. The maximum Gasteiger partial charge on any atom is 0.322 e. The van der Waals surface area contributed by atoms with E-state index in [1.807, 2.05) is 6.92 Å². The molecular formula is C17H19FN2O2. The van der Waals surface area contributed by atoms with Crippen LogP contribution in [0.15, 0.2) is 48.5 Å². The first-order chi connectivity index (χ1) is 10.5. The molecule has 0 saturated heterocycles. The van der Waals surface area contributed by atoms with Crippen molar-refractivity contribution < 1.29 is 13.9 Å². The van der Waals surface area contributed by atoms with Crippen LogP contribution in [0.5, 0.6) is 5.75 Å². The maximum atomic E-state index is 13.0. The summed E-state index contributed by atoms with van der Waals surface area (Å²) in [4.78, 5) is 13.8. The van der Waals surface area contributed by atoms with Gasteiger partial charge in [-0.1, -0.05) is 12.1 Å². The molecule has 0 spiro atoms. The van der Waals surface area contributed by atoms with Gasteiger partial charge >= 0.3 is 6.03 Å². The van der Waals surface area contributed by atoms with Gasteiger partial charge in [-0.05, 0) is 48.9 Å². The van der Waals surface area contributed by atoms with Gasteiger partial charge in [0.15, 0.2) is 0 Å². The third-order valence-electron chi connectivity index (χ3n) is 3.59. The van der Waals surface area contributed by atoms with E-state index >= 15 is 0 Å². The quantitative estimate of drug-likeness (QED) is 0.925. The number of ether oxygens (including phenoxy) is 1. The highest BCUT2D eigenvalue weighted by Gasteiger charge is 2.17. The van der Waals surface area contributed by atoms with Crippen molar-refractivity contribution in [2.75, 3.05) is 19.5 Å². The Morgan fingerprint density at radius 1 is 1.14 bits per heavy atom. The molecule has 0 radical (unpaired) electrons. The third kappa shape index (κ3) is 3.75. The smallest absolute Gasteiger partial charge is 0.322 e. The summed E-state index contributed by atoms with van der Waals surface area (Å²) in [5.74, 6) is 0.437. The van der Waals surface area contributed by atoms with E-state index in [0.717, 1.165) is 11.3 Å². The van der Waals surface area contributed by atoms with Crippen molar-refractivity contribution in [2.24, 2.45) is 0 Å². The highest BCUT2D eigenvalue weighted by molar-refractivity contribution is 5.89. The van der Waals surface area contributed by atoms with Crippen molar-refractivity contribution in [1.29, 1.82) is 0 Å². The first-order valence-corrected chi connectivity index (χ1v) is 6.94. The van der Waals surface area contributed by atoms with Crippen LogP contribution in [0.1, 0.15) is 18.5 Å². The summed E-state index contributed by atoms with van der Waals surface area (Å²) < 4.78 is 18.0. The summed E-state index contributed by atoms with van der Waals surface area (Å²) in [7, 11) is 3.29. The van der Waals surface area contributed by atoms with E-state index in [1.54, 1.807) is 55.5 Å². The Kier molecular flexibility index (Phi) is 4.99. The Morgan fingerprint density at radius 2 is 1.73 bits per heavy atom. The number of amides is 2. The van der Waals surface area contributed by atoms with Gasteiger partial charge in [0.2, 0.25) is 0 Å². The number of carbonyl (C=O) groups is 1. The second kappa shape index (κ2) is 6.93. The van der Waals surface area contributed by atoms with E-state index in [1.165, 1.54) is 12.1 Å². The van der Waals surface area contributed by atoms with E-state index in [9.17, 15) is 9.18 Å². The predicted molar refractivity (Wildman–Crippen MR) is 84.6 cm³/mol. The molecule has 0 bridgehead atoms. The maximum absolute atomic E-state index is 13.0. The van der Waals surface area contributed by atoms with Gasteiger partial charge in [-0.3, -0.25) is 0 Å². The number of urea groups is 1. The van der Waals surface area contributed by atoms with Crippen molar-refractivity contribution in [2.45, 2.75) is 13.0 Å². The highest BCUT2D eigenvalue weighted by Crippen LogP contribution is 2.21. The van der Waals surface area contributed by atoms with Crippen molar-refractivity contribution in [3.8, 4) is 5.75 Å². The Labute approximate surface area is 129 Å². The van der Waals surface area contributed by atoms with Crippen LogP contribution in [0.2, 0.25) is 0 Å². The molecule has 4 nitrogen and oxygen atoms in total. The minimum absolute atomic E-state index is 0.168. The number of hydrogen-bond acceptors (Lipinski definition) is 2. The van der Waals surface area contributed by atoms with Crippen LogP contribution in [-0.4, -0.2) is 25.1 Å². The summed E-state index contributed by atoms with van der Waals surface area (Å²) in [6.45, 7) is 1.89. The average molecular weight is 302 g/mol. The van der Waals surface area contributed by atoms with Crippen LogP contribution in [0, 0.1) is 5.82 Å². The van der Waals surface area contributed by atoms with E-state index in [4.69, 9.17) is 4.74 Å². The minimum Gasteiger partial charge on any atom is -0.497 e. The predicted octanol–water partition coefficient (Wildman–Crippen LogP) is 4.06. The first kappa shape index (κ1) is 15.8. The molecule has 0 aliphatic carbocycles. The van der Waals surface area contributed by atoms with Crippen LogP contribution >= 0.6 is 0 Å². The van der Waals surface area contributed by atoms with E-state index in [0.29, 0.717) is 5.69 Å². The molecule has 2 aromatic rings. The average Bonchev–Trinajstić information content (AvgIpc) is 2.55. The molecule has 1 atom stereocenters. The molecule has 0 aliphatic rings. The van der Waals surface area contributed by atoms with Gasteiger partial charge in [-0.2, -0.15) is 0 Å². The number of halogens is 1. The van der Waals surface area contributed by atoms with E-state index < -0.39 is 0 Å². The number of benzene rings is 2. The largest absolute Gasteiger partial charge is 0.497 e. The van der Waals surface area contributed by atoms with Crippen LogP contribution < -0.4 is 10.1 Å². The lowest BCUT2D eigenvalue weighted by Gasteiger charge is -2.25. The minimum atomic E-state index is -0.290. The lowest BCUT2D eigenvalue weighted by Crippen LogP contribution is -2.33. The number of carbonyl (C=O) groups excluding carboxylic acids is 1. The summed E-state index contributed by atoms with van der Waals surface area (Å²) in [5.41, 5.74) is 1.55. The fourth-order valence-corrected chi connectivity index (χ4v) is 2.03. The zero-order valence-corrected chi connectivity index (χ0v) is 12.8. The van der Waals surface area contributed by atoms with E-state index in [-0.39, 0.29) is 17.9 Å². The summed E-state index contributed by atoms with van der Waals surface area (Å²) in [6, 6.07) is 12.8. The number of methoxy groups -OCH3 is 1. The Hall–Kier alpha value is -2.56. The molecular weight excluding hydrogens is 283 g/mol. The van der Waals surface area contributed by atoms with Gasteiger partial charge in [0.05, 0.1) is 13.2 Å². The molecule has 5 heteroatoms. The fraction of sp³-hybridized carbons (Fsp3) is 0.235. The molecule has 0 fully saturated rings. The zero-order valence-electron chi connectivity index (χ0n) is 12.8. The molecule has 116 valence electrons.